The summed E-state index contributed by atoms with van der Waals surface area (Å²) in [4.78, 5) is 32.0. The van der Waals surface area contributed by atoms with Gasteiger partial charge in [0, 0.05) is 48.2 Å². The molecule has 0 spiro atoms. The number of H-pyrrole nitrogens is 1. The minimum absolute atomic E-state index is 0.119. The molecule has 0 saturated carbocycles. The van der Waals surface area contributed by atoms with Crippen LogP contribution in [-0.4, -0.2) is 46.9 Å². The van der Waals surface area contributed by atoms with Crippen LogP contribution >= 0.6 is 0 Å². The number of furan rings is 1. The highest BCUT2D eigenvalue weighted by Gasteiger charge is 2.37. The predicted molar refractivity (Wildman–Crippen MR) is 128 cm³/mol. The molecule has 0 bridgehead atoms. The molecule has 7 rings (SSSR count). The van der Waals surface area contributed by atoms with Gasteiger partial charge in [0.05, 0.1) is 41.2 Å². The molecule has 1 aliphatic rings. The number of aromatic amines is 1. The zero-order valence-electron chi connectivity index (χ0n) is 18.5. The van der Waals surface area contributed by atoms with Crippen LogP contribution in [0.15, 0.2) is 84.2 Å². The molecule has 1 aliphatic heterocycles. The van der Waals surface area contributed by atoms with Crippen LogP contribution in [-0.2, 0) is 6.42 Å². The van der Waals surface area contributed by atoms with Gasteiger partial charge in [-0.05, 0) is 24.3 Å². The fourth-order valence-electron chi connectivity index (χ4n) is 4.82. The molecule has 0 aliphatic carbocycles. The van der Waals surface area contributed by atoms with E-state index in [1.165, 1.54) is 0 Å². The minimum atomic E-state index is -0.432. The van der Waals surface area contributed by atoms with E-state index in [2.05, 4.69) is 25.0 Å². The Balaban J connectivity index is 1.30. The maximum Gasteiger partial charge on any atom is 0.258 e. The van der Waals surface area contributed by atoms with Crippen molar-refractivity contribution in [3.05, 3.63) is 102 Å². The van der Waals surface area contributed by atoms with Crippen LogP contribution in [0.5, 0.6) is 0 Å². The fourth-order valence-corrected chi connectivity index (χ4v) is 4.82. The number of para-hydroxylation sites is 1. The molecule has 35 heavy (non-hydrogen) atoms. The molecule has 0 radical (unpaired) electrons. The van der Waals surface area contributed by atoms with Gasteiger partial charge in [0.2, 0.25) is 0 Å². The van der Waals surface area contributed by atoms with E-state index in [1.54, 1.807) is 35.6 Å². The highest BCUT2D eigenvalue weighted by molar-refractivity contribution is 6.01. The molecular formula is C26H19N7O2. The second kappa shape index (κ2) is 7.63. The third kappa shape index (κ3) is 3.12. The summed E-state index contributed by atoms with van der Waals surface area (Å²) >= 11 is 0. The largest absolute Gasteiger partial charge is 0.458 e. The van der Waals surface area contributed by atoms with Crippen molar-refractivity contribution in [2.45, 2.75) is 12.5 Å². The van der Waals surface area contributed by atoms with Crippen LogP contribution in [0.4, 0.5) is 0 Å². The van der Waals surface area contributed by atoms with E-state index in [0.29, 0.717) is 24.3 Å². The second-order valence-corrected chi connectivity index (χ2v) is 8.50. The number of nitrogens with zero attached hydrogens (tertiary/aromatic N) is 6. The van der Waals surface area contributed by atoms with Crippen LogP contribution in [0.2, 0.25) is 0 Å². The Morgan fingerprint density at radius 2 is 2.03 bits per heavy atom. The summed E-state index contributed by atoms with van der Waals surface area (Å²) in [6.45, 7) is 0.533. The van der Waals surface area contributed by atoms with Crippen LogP contribution in [0.1, 0.15) is 33.5 Å². The van der Waals surface area contributed by atoms with Crippen molar-refractivity contribution in [3.63, 3.8) is 0 Å². The monoisotopic (exact) mass is 461 g/mol. The van der Waals surface area contributed by atoms with Gasteiger partial charge in [0.1, 0.15) is 17.4 Å². The van der Waals surface area contributed by atoms with Gasteiger partial charge in [-0.1, -0.05) is 18.2 Å². The van der Waals surface area contributed by atoms with Crippen LogP contribution in [0, 0.1) is 0 Å². The maximum atomic E-state index is 13.9. The van der Waals surface area contributed by atoms with Crippen molar-refractivity contribution in [1.29, 1.82) is 0 Å². The molecule has 5 aromatic heterocycles. The lowest BCUT2D eigenvalue weighted by atomic mass is 9.99. The summed E-state index contributed by atoms with van der Waals surface area (Å²) in [5.74, 6) is 0.570. The number of aromatic nitrogens is 6. The number of carbonyl (C=O) groups is 1. The molecule has 1 N–H and O–H groups in total. The molecule has 0 unspecified atom stereocenters. The molecule has 6 heterocycles. The van der Waals surface area contributed by atoms with E-state index in [1.807, 2.05) is 53.6 Å². The van der Waals surface area contributed by atoms with E-state index < -0.39 is 6.04 Å². The Labute approximate surface area is 199 Å². The van der Waals surface area contributed by atoms with Crippen LogP contribution in [0.3, 0.4) is 0 Å². The Morgan fingerprint density at radius 3 is 2.91 bits per heavy atom. The number of rotatable bonds is 3. The first-order valence-corrected chi connectivity index (χ1v) is 11.3. The van der Waals surface area contributed by atoms with Crippen molar-refractivity contribution in [2.75, 3.05) is 6.54 Å². The highest BCUT2D eigenvalue weighted by Crippen LogP contribution is 2.37. The van der Waals surface area contributed by atoms with E-state index in [-0.39, 0.29) is 5.91 Å². The van der Waals surface area contributed by atoms with Gasteiger partial charge in [0.15, 0.2) is 0 Å². The molecule has 1 aromatic carbocycles. The van der Waals surface area contributed by atoms with E-state index in [9.17, 15) is 4.79 Å². The fraction of sp³-hybridized carbons (Fsp3) is 0.115. The molecule has 9 nitrogen and oxygen atoms in total. The van der Waals surface area contributed by atoms with Crippen molar-refractivity contribution in [2.24, 2.45) is 0 Å². The normalized spacial score (nSPS) is 15.5. The van der Waals surface area contributed by atoms with E-state index in [4.69, 9.17) is 4.42 Å². The number of imidazole rings is 1. The van der Waals surface area contributed by atoms with Crippen molar-refractivity contribution in [1.82, 2.24) is 34.4 Å². The summed E-state index contributed by atoms with van der Waals surface area (Å²) in [5, 5.41) is 5.45. The predicted octanol–water partition coefficient (Wildman–Crippen LogP) is 4.05. The van der Waals surface area contributed by atoms with Gasteiger partial charge in [0.25, 0.3) is 5.91 Å². The smallest absolute Gasteiger partial charge is 0.258 e. The lowest BCUT2D eigenvalue weighted by Crippen LogP contribution is -2.40. The third-order valence-electron chi connectivity index (χ3n) is 6.51. The average Bonchev–Trinajstić information content (AvgIpc) is 3.65. The summed E-state index contributed by atoms with van der Waals surface area (Å²) < 4.78 is 7.91. The van der Waals surface area contributed by atoms with Gasteiger partial charge in [-0.3, -0.25) is 14.8 Å². The number of nitrogens with one attached hydrogen (secondary N) is 1. The highest BCUT2D eigenvalue weighted by atomic mass is 16.3. The molecule has 9 heteroatoms. The Morgan fingerprint density at radius 1 is 1.09 bits per heavy atom. The van der Waals surface area contributed by atoms with E-state index in [0.717, 1.165) is 39.1 Å². The van der Waals surface area contributed by atoms with Gasteiger partial charge in [-0.25, -0.2) is 9.50 Å². The first-order valence-electron chi connectivity index (χ1n) is 11.3. The SMILES string of the molecule is O=C(c1cnn2cc(-c3cnccn3)ccc12)N1CCc2[nH]cnc2[C@H]1c1cc2ccccc2o1. The van der Waals surface area contributed by atoms with E-state index >= 15 is 0 Å². The van der Waals surface area contributed by atoms with Crippen molar-refractivity contribution >= 4 is 22.4 Å². The van der Waals surface area contributed by atoms with Gasteiger partial charge in [-0.2, -0.15) is 5.10 Å². The number of hydrogen-bond donors (Lipinski definition) is 1. The molecule has 0 saturated heterocycles. The molecule has 0 fully saturated rings. The number of amides is 1. The molecule has 1 amide bonds. The molecule has 6 aromatic rings. The van der Waals surface area contributed by atoms with Gasteiger partial charge in [-0.15, -0.1) is 0 Å². The molecule has 1 atom stereocenters. The maximum absolute atomic E-state index is 13.9. The summed E-state index contributed by atoms with van der Waals surface area (Å²) in [5.41, 5.74) is 5.47. The number of benzene rings is 1. The molecule has 170 valence electrons. The zero-order chi connectivity index (χ0) is 23.4. The lowest BCUT2D eigenvalue weighted by Gasteiger charge is -2.33. The van der Waals surface area contributed by atoms with Crippen molar-refractivity contribution in [3.8, 4) is 11.3 Å². The summed E-state index contributed by atoms with van der Waals surface area (Å²) in [6.07, 6.45) is 10.8. The Hall–Kier alpha value is -4.79. The summed E-state index contributed by atoms with van der Waals surface area (Å²) in [6, 6.07) is 13.2. The zero-order valence-corrected chi connectivity index (χ0v) is 18.5. The topological polar surface area (TPSA) is 105 Å². The Kier molecular flexibility index (Phi) is 4.28. The second-order valence-electron chi connectivity index (χ2n) is 8.50. The van der Waals surface area contributed by atoms with Crippen LogP contribution in [0.25, 0.3) is 27.7 Å². The molecular weight excluding hydrogens is 442 g/mol. The quantitative estimate of drug-likeness (QED) is 0.426. The number of hydrogen-bond acceptors (Lipinski definition) is 6. The first-order chi connectivity index (χ1) is 17.3. The minimum Gasteiger partial charge on any atom is -0.458 e. The lowest BCUT2D eigenvalue weighted by molar-refractivity contribution is 0.0675. The number of fused-ring (bicyclic) bond motifs is 3. The van der Waals surface area contributed by atoms with Crippen molar-refractivity contribution < 1.29 is 9.21 Å². The average molecular weight is 461 g/mol. The van der Waals surface area contributed by atoms with Gasteiger partial charge < -0.3 is 14.3 Å². The van der Waals surface area contributed by atoms with Gasteiger partial charge >= 0.3 is 0 Å². The third-order valence-corrected chi connectivity index (χ3v) is 6.51. The number of carbonyl (C=O) groups excluding carboxylic acids is 1. The van der Waals surface area contributed by atoms with Crippen LogP contribution < -0.4 is 0 Å². The number of pyridine rings is 1. The first kappa shape index (κ1) is 19.7. The summed E-state index contributed by atoms with van der Waals surface area (Å²) in [7, 11) is 0. The standard InChI is InChI=1S/C26H19N7O2/c34-26(18-12-31-33-14-17(5-6-21(18)33)20-13-27-8-9-28-20)32-10-7-19-24(30-15-29-19)25(32)23-11-16-3-1-2-4-22(16)35-23/h1-6,8-9,11-15,25H,7,10H2,(H,29,30)/t25-/m1/s1. The Bertz CT molecular complexity index is 1670.